The summed E-state index contributed by atoms with van der Waals surface area (Å²) in [5.41, 5.74) is 1.75. The van der Waals surface area contributed by atoms with Crippen molar-refractivity contribution in [2.75, 3.05) is 63.9 Å². The van der Waals surface area contributed by atoms with Crippen molar-refractivity contribution in [2.45, 2.75) is 4.90 Å². The van der Waals surface area contributed by atoms with E-state index in [1.807, 2.05) is 18.2 Å². The van der Waals surface area contributed by atoms with Crippen LogP contribution >= 0.6 is 0 Å². The van der Waals surface area contributed by atoms with Gasteiger partial charge in [0.2, 0.25) is 10.0 Å². The molecule has 2 aliphatic rings. The lowest BCUT2D eigenvalue weighted by Crippen LogP contribution is -2.48. The fourth-order valence-corrected chi connectivity index (χ4v) is 5.25. The highest BCUT2D eigenvalue weighted by Crippen LogP contribution is 2.19. The van der Waals surface area contributed by atoms with E-state index in [0.29, 0.717) is 38.4 Å². The van der Waals surface area contributed by atoms with Crippen LogP contribution in [0.15, 0.2) is 59.5 Å². The second-order valence-electron chi connectivity index (χ2n) is 7.56. The third kappa shape index (κ3) is 4.73. The molecule has 0 aliphatic carbocycles. The highest BCUT2D eigenvalue weighted by Gasteiger charge is 2.26. The summed E-state index contributed by atoms with van der Waals surface area (Å²) < 4.78 is 32.1. The maximum Gasteiger partial charge on any atom is 0.243 e. The Balaban J connectivity index is 1.33. The summed E-state index contributed by atoms with van der Waals surface area (Å²) in [7, 11) is -3.54. The molecule has 2 fully saturated rings. The number of benzene rings is 2. The lowest BCUT2D eigenvalue weighted by atomic mass is 10.1. The van der Waals surface area contributed by atoms with E-state index in [0.717, 1.165) is 26.2 Å². The zero-order valence-electron chi connectivity index (χ0n) is 16.9. The SMILES string of the molecule is O=C(CN1CCN(c2ccccc2)CC1)c1ccc(S(=O)(=O)N2CCOCC2)cc1. The number of ether oxygens (including phenoxy) is 1. The molecular weight excluding hydrogens is 402 g/mol. The predicted octanol–water partition coefficient (Wildman–Crippen LogP) is 1.71. The van der Waals surface area contributed by atoms with Crippen LogP contribution in [-0.2, 0) is 14.8 Å². The van der Waals surface area contributed by atoms with E-state index in [-0.39, 0.29) is 10.7 Å². The van der Waals surface area contributed by atoms with E-state index in [1.54, 1.807) is 12.1 Å². The lowest BCUT2D eigenvalue weighted by molar-refractivity contribution is 0.0730. The summed E-state index contributed by atoms with van der Waals surface area (Å²) >= 11 is 0. The van der Waals surface area contributed by atoms with E-state index < -0.39 is 10.0 Å². The van der Waals surface area contributed by atoms with Crippen LogP contribution in [0.5, 0.6) is 0 Å². The molecule has 2 saturated heterocycles. The maximum absolute atomic E-state index is 12.7. The number of morpholine rings is 1. The van der Waals surface area contributed by atoms with Crippen LogP contribution in [0.4, 0.5) is 5.69 Å². The predicted molar refractivity (Wildman–Crippen MR) is 115 cm³/mol. The molecule has 0 radical (unpaired) electrons. The van der Waals surface area contributed by atoms with Crippen molar-refractivity contribution in [2.24, 2.45) is 0 Å². The number of carbonyl (C=O) groups is 1. The third-order valence-electron chi connectivity index (χ3n) is 5.64. The second kappa shape index (κ2) is 9.26. The van der Waals surface area contributed by atoms with Crippen molar-refractivity contribution in [1.82, 2.24) is 9.21 Å². The van der Waals surface area contributed by atoms with Crippen LogP contribution in [0.3, 0.4) is 0 Å². The average molecular weight is 430 g/mol. The van der Waals surface area contributed by atoms with Crippen molar-refractivity contribution < 1.29 is 17.9 Å². The number of para-hydroxylation sites is 1. The van der Waals surface area contributed by atoms with Crippen LogP contribution < -0.4 is 4.90 Å². The van der Waals surface area contributed by atoms with Gasteiger partial charge in [-0.1, -0.05) is 30.3 Å². The summed E-state index contributed by atoms with van der Waals surface area (Å²) in [6.07, 6.45) is 0. The Morgan fingerprint density at radius 2 is 1.47 bits per heavy atom. The smallest absolute Gasteiger partial charge is 0.243 e. The van der Waals surface area contributed by atoms with E-state index in [4.69, 9.17) is 4.74 Å². The van der Waals surface area contributed by atoms with Crippen molar-refractivity contribution in [3.05, 3.63) is 60.2 Å². The van der Waals surface area contributed by atoms with Crippen molar-refractivity contribution in [3.63, 3.8) is 0 Å². The first kappa shape index (κ1) is 21.0. The number of hydrogen-bond donors (Lipinski definition) is 0. The molecule has 0 N–H and O–H groups in total. The van der Waals surface area contributed by atoms with Gasteiger partial charge in [-0.3, -0.25) is 9.69 Å². The van der Waals surface area contributed by atoms with Crippen LogP contribution in [0.1, 0.15) is 10.4 Å². The highest BCUT2D eigenvalue weighted by atomic mass is 32.2. The number of hydrogen-bond acceptors (Lipinski definition) is 6. The summed E-state index contributed by atoms with van der Waals surface area (Å²) in [6.45, 7) is 5.30. The fraction of sp³-hybridized carbons (Fsp3) is 0.409. The molecule has 0 saturated carbocycles. The monoisotopic (exact) mass is 429 g/mol. The minimum atomic E-state index is -3.54. The zero-order chi connectivity index (χ0) is 21.0. The average Bonchev–Trinajstić information content (AvgIpc) is 2.81. The number of ketones is 1. The molecule has 0 unspecified atom stereocenters. The molecule has 2 heterocycles. The second-order valence-corrected chi connectivity index (χ2v) is 9.50. The largest absolute Gasteiger partial charge is 0.379 e. The molecule has 7 nitrogen and oxygen atoms in total. The van der Waals surface area contributed by atoms with Gasteiger partial charge in [0, 0.05) is 50.5 Å². The number of anilines is 1. The van der Waals surface area contributed by atoms with E-state index in [1.165, 1.54) is 22.1 Å². The number of Topliss-reactive ketones (excluding diaryl/α,β-unsaturated/α-hetero) is 1. The first-order valence-corrected chi connectivity index (χ1v) is 11.7. The first-order chi connectivity index (χ1) is 14.5. The normalized spacial score (nSPS) is 19.0. The van der Waals surface area contributed by atoms with Crippen molar-refractivity contribution in [3.8, 4) is 0 Å². The van der Waals surface area contributed by atoms with Gasteiger partial charge in [0.1, 0.15) is 0 Å². The summed E-state index contributed by atoms with van der Waals surface area (Å²) in [5, 5.41) is 0. The molecule has 8 heteroatoms. The molecule has 2 aliphatic heterocycles. The molecule has 0 aromatic heterocycles. The van der Waals surface area contributed by atoms with Gasteiger partial charge in [-0.15, -0.1) is 0 Å². The van der Waals surface area contributed by atoms with Crippen LogP contribution in [0, 0.1) is 0 Å². The first-order valence-electron chi connectivity index (χ1n) is 10.3. The van der Waals surface area contributed by atoms with Crippen LogP contribution in [0.25, 0.3) is 0 Å². The van der Waals surface area contributed by atoms with Crippen LogP contribution in [-0.4, -0.2) is 82.4 Å². The molecule has 160 valence electrons. The number of sulfonamides is 1. The van der Waals surface area contributed by atoms with Crippen molar-refractivity contribution in [1.29, 1.82) is 0 Å². The fourth-order valence-electron chi connectivity index (χ4n) is 3.85. The molecule has 0 bridgehead atoms. The highest BCUT2D eigenvalue weighted by molar-refractivity contribution is 7.89. The van der Waals surface area contributed by atoms with Gasteiger partial charge in [-0.05, 0) is 24.3 Å². The van der Waals surface area contributed by atoms with Crippen LogP contribution in [0.2, 0.25) is 0 Å². The zero-order valence-corrected chi connectivity index (χ0v) is 17.8. The Morgan fingerprint density at radius 1 is 0.833 bits per heavy atom. The molecular formula is C22H27N3O4S. The minimum Gasteiger partial charge on any atom is -0.379 e. The van der Waals surface area contributed by atoms with E-state index >= 15 is 0 Å². The van der Waals surface area contributed by atoms with E-state index in [9.17, 15) is 13.2 Å². The summed E-state index contributed by atoms with van der Waals surface area (Å²) in [5.74, 6) is 0.0125. The van der Waals surface area contributed by atoms with Gasteiger partial charge in [0.25, 0.3) is 0 Å². The maximum atomic E-state index is 12.7. The van der Waals surface area contributed by atoms with Gasteiger partial charge in [-0.2, -0.15) is 4.31 Å². The van der Waals surface area contributed by atoms with Gasteiger partial charge < -0.3 is 9.64 Å². The van der Waals surface area contributed by atoms with E-state index in [2.05, 4.69) is 21.9 Å². The Bertz CT molecular complexity index is 950. The molecule has 2 aromatic carbocycles. The Labute approximate surface area is 177 Å². The summed E-state index contributed by atoms with van der Waals surface area (Å²) in [4.78, 5) is 17.4. The number of carbonyl (C=O) groups excluding carboxylic acids is 1. The quantitative estimate of drug-likeness (QED) is 0.651. The Kier molecular flexibility index (Phi) is 6.48. The van der Waals surface area contributed by atoms with Gasteiger partial charge in [-0.25, -0.2) is 8.42 Å². The number of nitrogens with zero attached hydrogens (tertiary/aromatic N) is 3. The van der Waals surface area contributed by atoms with Gasteiger partial charge in [0.05, 0.1) is 24.7 Å². The molecule has 4 rings (SSSR count). The molecule has 0 atom stereocenters. The summed E-state index contributed by atoms with van der Waals surface area (Å²) in [6, 6.07) is 16.6. The van der Waals surface area contributed by atoms with Gasteiger partial charge >= 0.3 is 0 Å². The van der Waals surface area contributed by atoms with Gasteiger partial charge in [0.15, 0.2) is 5.78 Å². The Morgan fingerprint density at radius 3 is 2.10 bits per heavy atom. The molecule has 2 aromatic rings. The molecule has 0 amide bonds. The number of rotatable bonds is 6. The Hall–Kier alpha value is -2.26. The number of piperazine rings is 1. The third-order valence-corrected chi connectivity index (χ3v) is 7.56. The van der Waals surface area contributed by atoms with Crippen molar-refractivity contribution >= 4 is 21.5 Å². The topological polar surface area (TPSA) is 70.2 Å². The molecule has 0 spiro atoms. The lowest BCUT2D eigenvalue weighted by Gasteiger charge is -2.35. The standard InChI is InChI=1S/C22H27N3O4S/c26-22(18-23-10-12-24(13-11-23)20-4-2-1-3-5-20)19-6-8-21(9-7-19)30(27,28)25-14-16-29-17-15-25/h1-9H,10-18H2. The minimum absolute atomic E-state index is 0.0125. The molecule has 30 heavy (non-hydrogen) atoms.